The standard InChI is InChI=1S/C13H15F3O/c1-8(17)9-5-10(12(2,3)4)7-11(6-9)13(14,15)16/h5-7H,1-4H3. The first-order chi connectivity index (χ1) is 7.51. The SMILES string of the molecule is CC(=O)c1cc(C(C)(C)C)cc(C(F)(F)F)c1. The van der Waals surface area contributed by atoms with E-state index < -0.39 is 17.2 Å². The summed E-state index contributed by atoms with van der Waals surface area (Å²) in [6.07, 6.45) is -4.43. The lowest BCUT2D eigenvalue weighted by Crippen LogP contribution is -2.15. The van der Waals surface area contributed by atoms with Crippen LogP contribution >= 0.6 is 0 Å². The molecule has 0 radical (unpaired) electrons. The van der Waals surface area contributed by atoms with Crippen molar-refractivity contribution in [3.05, 3.63) is 34.9 Å². The second-order valence-electron chi connectivity index (χ2n) is 5.10. The van der Waals surface area contributed by atoms with Crippen molar-refractivity contribution < 1.29 is 18.0 Å². The first-order valence-electron chi connectivity index (χ1n) is 5.25. The third-order valence-electron chi connectivity index (χ3n) is 2.53. The molecule has 0 spiro atoms. The van der Waals surface area contributed by atoms with Crippen molar-refractivity contribution in [2.24, 2.45) is 0 Å². The van der Waals surface area contributed by atoms with E-state index in [1.807, 2.05) is 20.8 Å². The molecule has 1 rings (SSSR count). The highest BCUT2D eigenvalue weighted by Gasteiger charge is 2.32. The van der Waals surface area contributed by atoms with E-state index >= 15 is 0 Å². The van der Waals surface area contributed by atoms with Crippen molar-refractivity contribution in [3.8, 4) is 0 Å². The Hall–Kier alpha value is -1.32. The number of ketones is 1. The van der Waals surface area contributed by atoms with Gasteiger partial charge in [-0.25, -0.2) is 0 Å². The molecule has 0 unspecified atom stereocenters. The van der Waals surface area contributed by atoms with Crippen molar-refractivity contribution >= 4 is 5.78 Å². The lowest BCUT2D eigenvalue weighted by Gasteiger charge is -2.21. The average molecular weight is 244 g/mol. The molecule has 1 aromatic carbocycles. The Morgan fingerprint density at radius 3 is 1.82 bits per heavy atom. The predicted octanol–water partition coefficient (Wildman–Crippen LogP) is 4.21. The van der Waals surface area contributed by atoms with E-state index in [4.69, 9.17) is 0 Å². The van der Waals surface area contributed by atoms with Gasteiger partial charge in [0.2, 0.25) is 0 Å². The minimum atomic E-state index is -4.43. The summed E-state index contributed by atoms with van der Waals surface area (Å²) in [5, 5.41) is 0. The number of Topliss-reactive ketones (excluding diaryl/α,β-unsaturated/α-hetero) is 1. The second kappa shape index (κ2) is 4.17. The Kier molecular flexibility index (Phi) is 3.37. The summed E-state index contributed by atoms with van der Waals surface area (Å²) in [7, 11) is 0. The van der Waals surface area contributed by atoms with Crippen LogP contribution in [0.2, 0.25) is 0 Å². The van der Waals surface area contributed by atoms with Gasteiger partial charge < -0.3 is 0 Å². The molecule has 1 aromatic rings. The topological polar surface area (TPSA) is 17.1 Å². The smallest absolute Gasteiger partial charge is 0.295 e. The fraction of sp³-hybridized carbons (Fsp3) is 0.462. The maximum atomic E-state index is 12.7. The van der Waals surface area contributed by atoms with Gasteiger partial charge in [-0.1, -0.05) is 20.8 Å². The van der Waals surface area contributed by atoms with Gasteiger partial charge in [0.25, 0.3) is 0 Å². The molecular formula is C13H15F3O. The fourth-order valence-electron chi connectivity index (χ4n) is 1.43. The van der Waals surface area contributed by atoms with Gasteiger partial charge in [-0.15, -0.1) is 0 Å². The molecule has 0 aliphatic rings. The summed E-state index contributed by atoms with van der Waals surface area (Å²) < 4.78 is 38.1. The maximum Gasteiger partial charge on any atom is 0.416 e. The number of hydrogen-bond acceptors (Lipinski definition) is 1. The molecule has 94 valence electrons. The van der Waals surface area contributed by atoms with E-state index in [0.717, 1.165) is 12.1 Å². The fourth-order valence-corrected chi connectivity index (χ4v) is 1.43. The normalized spacial score (nSPS) is 12.6. The zero-order chi connectivity index (χ0) is 13.4. The molecule has 0 saturated heterocycles. The Labute approximate surface area is 98.6 Å². The van der Waals surface area contributed by atoms with Crippen LogP contribution in [0.3, 0.4) is 0 Å². The van der Waals surface area contributed by atoms with Gasteiger partial charge in [0.05, 0.1) is 5.56 Å². The van der Waals surface area contributed by atoms with Gasteiger partial charge in [-0.3, -0.25) is 4.79 Å². The molecule has 0 amide bonds. The van der Waals surface area contributed by atoms with E-state index in [1.54, 1.807) is 0 Å². The van der Waals surface area contributed by atoms with Gasteiger partial charge in [-0.05, 0) is 36.1 Å². The van der Waals surface area contributed by atoms with Gasteiger partial charge >= 0.3 is 6.18 Å². The Morgan fingerprint density at radius 1 is 1.00 bits per heavy atom. The van der Waals surface area contributed by atoms with Crippen LogP contribution in [-0.4, -0.2) is 5.78 Å². The number of rotatable bonds is 1. The molecule has 0 heterocycles. The van der Waals surface area contributed by atoms with Crippen molar-refractivity contribution in [1.82, 2.24) is 0 Å². The zero-order valence-corrected chi connectivity index (χ0v) is 10.3. The van der Waals surface area contributed by atoms with Crippen molar-refractivity contribution in [2.45, 2.75) is 39.3 Å². The molecule has 0 fully saturated rings. The number of benzene rings is 1. The quantitative estimate of drug-likeness (QED) is 0.676. The number of hydrogen-bond donors (Lipinski definition) is 0. The van der Waals surface area contributed by atoms with Crippen LogP contribution in [0.25, 0.3) is 0 Å². The molecule has 0 bridgehead atoms. The summed E-state index contributed by atoms with van der Waals surface area (Å²) >= 11 is 0. The Bertz CT molecular complexity index is 407. The molecule has 0 N–H and O–H groups in total. The van der Waals surface area contributed by atoms with Gasteiger partial charge in [0, 0.05) is 5.56 Å². The lowest BCUT2D eigenvalue weighted by atomic mass is 9.84. The highest BCUT2D eigenvalue weighted by molar-refractivity contribution is 5.94. The van der Waals surface area contributed by atoms with E-state index in [9.17, 15) is 18.0 Å². The van der Waals surface area contributed by atoms with Crippen LogP contribution in [0.5, 0.6) is 0 Å². The van der Waals surface area contributed by atoms with E-state index in [0.29, 0.717) is 5.56 Å². The van der Waals surface area contributed by atoms with E-state index in [2.05, 4.69) is 0 Å². The third-order valence-corrected chi connectivity index (χ3v) is 2.53. The molecule has 0 atom stereocenters. The molecular weight excluding hydrogens is 229 g/mol. The summed E-state index contributed by atoms with van der Waals surface area (Å²) in [5.74, 6) is -0.360. The number of alkyl halides is 3. The lowest BCUT2D eigenvalue weighted by molar-refractivity contribution is -0.137. The largest absolute Gasteiger partial charge is 0.416 e. The molecule has 0 aliphatic heterocycles. The van der Waals surface area contributed by atoms with Crippen LogP contribution in [0, 0.1) is 0 Å². The highest BCUT2D eigenvalue weighted by Crippen LogP contribution is 2.33. The number of carbonyl (C=O) groups is 1. The van der Waals surface area contributed by atoms with Crippen LogP contribution in [0.4, 0.5) is 13.2 Å². The zero-order valence-electron chi connectivity index (χ0n) is 10.3. The van der Waals surface area contributed by atoms with Crippen molar-refractivity contribution in [2.75, 3.05) is 0 Å². The van der Waals surface area contributed by atoms with E-state index in [1.165, 1.54) is 13.0 Å². The summed E-state index contributed by atoms with van der Waals surface area (Å²) in [5.41, 5.74) is -0.580. The minimum absolute atomic E-state index is 0.102. The van der Waals surface area contributed by atoms with Crippen molar-refractivity contribution in [1.29, 1.82) is 0 Å². The average Bonchev–Trinajstić information content (AvgIpc) is 2.14. The Balaban J connectivity index is 3.45. The van der Waals surface area contributed by atoms with Crippen LogP contribution < -0.4 is 0 Å². The monoisotopic (exact) mass is 244 g/mol. The Morgan fingerprint density at radius 2 is 1.47 bits per heavy atom. The first-order valence-corrected chi connectivity index (χ1v) is 5.25. The summed E-state index contributed by atoms with van der Waals surface area (Å²) in [4.78, 5) is 11.2. The maximum absolute atomic E-state index is 12.7. The van der Waals surface area contributed by atoms with Gasteiger partial charge in [0.1, 0.15) is 0 Å². The number of carbonyl (C=O) groups excluding carboxylic acids is 1. The van der Waals surface area contributed by atoms with E-state index in [-0.39, 0.29) is 11.3 Å². The summed E-state index contributed by atoms with van der Waals surface area (Å²) in [6, 6.07) is 3.53. The molecule has 4 heteroatoms. The summed E-state index contributed by atoms with van der Waals surface area (Å²) in [6.45, 7) is 6.70. The minimum Gasteiger partial charge on any atom is -0.295 e. The molecule has 17 heavy (non-hydrogen) atoms. The predicted molar refractivity (Wildman–Crippen MR) is 60.1 cm³/mol. The highest BCUT2D eigenvalue weighted by atomic mass is 19.4. The first kappa shape index (κ1) is 13.7. The van der Waals surface area contributed by atoms with Crippen LogP contribution in [0.15, 0.2) is 18.2 Å². The number of halogens is 3. The van der Waals surface area contributed by atoms with Gasteiger partial charge in [0.15, 0.2) is 5.78 Å². The molecule has 0 saturated carbocycles. The van der Waals surface area contributed by atoms with Gasteiger partial charge in [-0.2, -0.15) is 13.2 Å². The van der Waals surface area contributed by atoms with Crippen molar-refractivity contribution in [3.63, 3.8) is 0 Å². The second-order valence-corrected chi connectivity index (χ2v) is 5.10. The molecule has 1 nitrogen and oxygen atoms in total. The van der Waals surface area contributed by atoms with Crippen LogP contribution in [0.1, 0.15) is 49.2 Å². The molecule has 0 aromatic heterocycles. The molecule has 0 aliphatic carbocycles. The van der Waals surface area contributed by atoms with Crippen LogP contribution in [-0.2, 0) is 11.6 Å². The third kappa shape index (κ3) is 3.32.